The first-order valence-corrected chi connectivity index (χ1v) is 10.2. The van der Waals surface area contributed by atoms with Crippen molar-refractivity contribution >= 4 is 11.8 Å². The smallest absolute Gasteiger partial charge is 0.261 e. The molecule has 0 aliphatic heterocycles. The van der Waals surface area contributed by atoms with Crippen molar-refractivity contribution in [3.8, 4) is 5.75 Å². The first-order valence-electron chi connectivity index (χ1n) is 10.2. The van der Waals surface area contributed by atoms with Crippen molar-refractivity contribution in [1.82, 2.24) is 10.2 Å². The fourth-order valence-electron chi connectivity index (χ4n) is 3.09. The minimum atomic E-state index is -0.541. The molecule has 5 heteroatoms. The van der Waals surface area contributed by atoms with E-state index in [0.717, 1.165) is 11.1 Å². The van der Waals surface area contributed by atoms with Crippen molar-refractivity contribution in [3.63, 3.8) is 0 Å². The van der Waals surface area contributed by atoms with Crippen LogP contribution in [0.4, 0.5) is 0 Å². The van der Waals surface area contributed by atoms with E-state index in [0.29, 0.717) is 31.2 Å². The first-order chi connectivity index (χ1) is 13.9. The Hall–Kier alpha value is -2.82. The van der Waals surface area contributed by atoms with Crippen LogP contribution in [0.25, 0.3) is 0 Å². The van der Waals surface area contributed by atoms with Gasteiger partial charge in [0.25, 0.3) is 5.91 Å². The van der Waals surface area contributed by atoms with Gasteiger partial charge in [-0.25, -0.2) is 0 Å². The number of rotatable bonds is 10. The van der Waals surface area contributed by atoms with Gasteiger partial charge in [-0.3, -0.25) is 9.59 Å². The highest BCUT2D eigenvalue weighted by Gasteiger charge is 2.29. The molecule has 0 saturated carbocycles. The van der Waals surface area contributed by atoms with E-state index in [9.17, 15) is 9.59 Å². The molecule has 0 saturated heterocycles. The normalized spacial score (nSPS) is 11.8. The molecule has 1 atom stereocenters. The molecule has 0 bridgehead atoms. The summed E-state index contributed by atoms with van der Waals surface area (Å²) >= 11 is 0. The van der Waals surface area contributed by atoms with Gasteiger partial charge >= 0.3 is 0 Å². The molecule has 156 valence electrons. The predicted octanol–water partition coefficient (Wildman–Crippen LogP) is 3.95. The van der Waals surface area contributed by atoms with Crippen molar-refractivity contribution in [2.24, 2.45) is 5.92 Å². The van der Waals surface area contributed by atoms with E-state index in [2.05, 4.69) is 5.32 Å². The maximum atomic E-state index is 13.1. The maximum absolute atomic E-state index is 13.1. The van der Waals surface area contributed by atoms with Gasteiger partial charge in [0.2, 0.25) is 5.91 Å². The lowest BCUT2D eigenvalue weighted by Crippen LogP contribution is -2.50. The molecule has 2 aromatic carbocycles. The summed E-state index contributed by atoms with van der Waals surface area (Å²) in [6.07, 6.45) is 0.535. The Bertz CT molecular complexity index is 790. The molecule has 2 rings (SSSR count). The highest BCUT2D eigenvalue weighted by molar-refractivity contribution is 5.88. The van der Waals surface area contributed by atoms with E-state index in [4.69, 9.17) is 4.74 Å². The maximum Gasteiger partial charge on any atom is 0.261 e. The molecule has 1 N–H and O–H groups in total. The molecular weight excluding hydrogens is 364 g/mol. The van der Waals surface area contributed by atoms with Gasteiger partial charge in [-0.05, 0) is 37.0 Å². The summed E-state index contributed by atoms with van der Waals surface area (Å²) in [4.78, 5) is 27.5. The summed E-state index contributed by atoms with van der Waals surface area (Å²) in [5, 5.41) is 2.97. The molecule has 29 heavy (non-hydrogen) atoms. The van der Waals surface area contributed by atoms with Gasteiger partial charge in [0.1, 0.15) is 11.8 Å². The van der Waals surface area contributed by atoms with Gasteiger partial charge in [-0.2, -0.15) is 0 Å². The van der Waals surface area contributed by atoms with E-state index in [1.54, 1.807) is 4.90 Å². The number of hydrogen-bond acceptors (Lipinski definition) is 3. The molecule has 0 fully saturated rings. The lowest BCUT2D eigenvalue weighted by Gasteiger charge is -2.31. The Kier molecular flexibility index (Phi) is 8.71. The summed E-state index contributed by atoms with van der Waals surface area (Å²) in [6.45, 7) is 8.88. The SMILES string of the molecule is CC[C@@H](C(=O)NCC(C)C)N(Cc1cccc(C)c1)C(=O)COc1ccccc1. The number of nitrogens with one attached hydrogen (secondary N) is 1. The van der Waals surface area contributed by atoms with Crippen LogP contribution in [0.1, 0.15) is 38.3 Å². The lowest BCUT2D eigenvalue weighted by atomic mass is 10.1. The van der Waals surface area contributed by atoms with Crippen LogP contribution in [-0.4, -0.2) is 35.9 Å². The van der Waals surface area contributed by atoms with Crippen LogP contribution in [0.3, 0.4) is 0 Å². The molecule has 0 aliphatic rings. The number of para-hydroxylation sites is 1. The van der Waals surface area contributed by atoms with Gasteiger partial charge in [0.15, 0.2) is 6.61 Å². The molecule has 0 radical (unpaired) electrons. The van der Waals surface area contributed by atoms with Crippen LogP contribution in [0.5, 0.6) is 5.75 Å². The van der Waals surface area contributed by atoms with Gasteiger partial charge in [-0.15, -0.1) is 0 Å². The fraction of sp³-hybridized carbons (Fsp3) is 0.417. The van der Waals surface area contributed by atoms with Crippen LogP contribution < -0.4 is 10.1 Å². The third-order valence-electron chi connectivity index (χ3n) is 4.61. The standard InChI is InChI=1S/C24H32N2O3/c1-5-22(24(28)25-15-18(2)3)26(16-20-11-9-10-19(4)14-20)23(27)17-29-21-12-7-6-8-13-21/h6-14,18,22H,5,15-17H2,1-4H3,(H,25,28)/t22-/m0/s1. The van der Waals surface area contributed by atoms with Crippen molar-refractivity contribution in [2.45, 2.75) is 46.7 Å². The molecule has 2 aromatic rings. The third kappa shape index (κ3) is 7.26. The van der Waals surface area contributed by atoms with Crippen molar-refractivity contribution in [1.29, 1.82) is 0 Å². The number of nitrogens with zero attached hydrogens (tertiary/aromatic N) is 1. The van der Waals surface area contributed by atoms with Gasteiger partial charge in [0, 0.05) is 13.1 Å². The van der Waals surface area contributed by atoms with E-state index < -0.39 is 6.04 Å². The zero-order chi connectivity index (χ0) is 21.2. The number of carbonyl (C=O) groups is 2. The zero-order valence-corrected chi connectivity index (χ0v) is 17.9. The molecular formula is C24H32N2O3. The summed E-state index contributed by atoms with van der Waals surface area (Å²) < 4.78 is 5.66. The molecule has 0 heterocycles. The summed E-state index contributed by atoms with van der Waals surface area (Å²) in [5.41, 5.74) is 2.11. The molecule has 2 amide bonds. The molecule has 0 spiro atoms. The molecule has 0 aromatic heterocycles. The Morgan fingerprint density at radius 2 is 1.79 bits per heavy atom. The van der Waals surface area contributed by atoms with Gasteiger partial charge in [0.05, 0.1) is 0 Å². The topological polar surface area (TPSA) is 58.6 Å². The number of aryl methyl sites for hydroxylation is 1. The van der Waals surface area contributed by atoms with Crippen molar-refractivity contribution in [3.05, 3.63) is 65.7 Å². The number of hydrogen-bond donors (Lipinski definition) is 1. The van der Waals surface area contributed by atoms with E-state index in [-0.39, 0.29) is 18.4 Å². The van der Waals surface area contributed by atoms with Crippen molar-refractivity contribution < 1.29 is 14.3 Å². The number of ether oxygens (including phenoxy) is 1. The Morgan fingerprint density at radius 1 is 1.07 bits per heavy atom. The minimum Gasteiger partial charge on any atom is -0.484 e. The van der Waals surface area contributed by atoms with E-state index in [1.165, 1.54) is 0 Å². The summed E-state index contributed by atoms with van der Waals surface area (Å²) in [6, 6.07) is 16.7. The van der Waals surface area contributed by atoms with Crippen LogP contribution >= 0.6 is 0 Å². The van der Waals surface area contributed by atoms with E-state index in [1.807, 2.05) is 82.3 Å². The number of amides is 2. The lowest BCUT2D eigenvalue weighted by molar-refractivity contribution is -0.143. The van der Waals surface area contributed by atoms with E-state index >= 15 is 0 Å². The summed E-state index contributed by atoms with van der Waals surface area (Å²) in [7, 11) is 0. The average molecular weight is 397 g/mol. The second-order valence-corrected chi connectivity index (χ2v) is 7.68. The highest BCUT2D eigenvalue weighted by Crippen LogP contribution is 2.15. The Morgan fingerprint density at radius 3 is 2.41 bits per heavy atom. The molecule has 0 aliphatic carbocycles. The molecule has 5 nitrogen and oxygen atoms in total. The van der Waals surface area contributed by atoms with Crippen molar-refractivity contribution in [2.75, 3.05) is 13.2 Å². The second kappa shape index (κ2) is 11.2. The average Bonchev–Trinajstić information content (AvgIpc) is 2.71. The van der Waals surface area contributed by atoms with Gasteiger partial charge in [-0.1, -0.05) is 68.8 Å². The Balaban J connectivity index is 2.18. The zero-order valence-electron chi connectivity index (χ0n) is 17.9. The second-order valence-electron chi connectivity index (χ2n) is 7.68. The highest BCUT2D eigenvalue weighted by atomic mass is 16.5. The number of carbonyl (C=O) groups excluding carboxylic acids is 2. The minimum absolute atomic E-state index is 0.107. The van der Waals surface area contributed by atoms with Crippen LogP contribution in [-0.2, 0) is 16.1 Å². The quantitative estimate of drug-likeness (QED) is 0.661. The first kappa shape index (κ1) is 22.5. The summed E-state index contributed by atoms with van der Waals surface area (Å²) in [5.74, 6) is 0.649. The van der Waals surface area contributed by atoms with Crippen LogP contribution in [0.15, 0.2) is 54.6 Å². The monoisotopic (exact) mass is 396 g/mol. The Labute approximate surface area is 174 Å². The van der Waals surface area contributed by atoms with Crippen LogP contribution in [0.2, 0.25) is 0 Å². The third-order valence-corrected chi connectivity index (χ3v) is 4.61. The van der Waals surface area contributed by atoms with Crippen LogP contribution in [0, 0.1) is 12.8 Å². The van der Waals surface area contributed by atoms with Gasteiger partial charge < -0.3 is 15.0 Å². The largest absolute Gasteiger partial charge is 0.484 e. The molecule has 0 unspecified atom stereocenters. The predicted molar refractivity (Wildman–Crippen MR) is 116 cm³/mol. The fourth-order valence-corrected chi connectivity index (χ4v) is 3.09. The number of benzene rings is 2.